The zero-order chi connectivity index (χ0) is 16.9. The van der Waals surface area contributed by atoms with Crippen LogP contribution in [-0.4, -0.2) is 27.3 Å². The summed E-state index contributed by atoms with van der Waals surface area (Å²) >= 11 is 1.66. The second kappa shape index (κ2) is 5.53. The van der Waals surface area contributed by atoms with Crippen molar-refractivity contribution in [3.8, 4) is 10.6 Å². The Kier molecular flexibility index (Phi) is 3.69. The molecule has 1 aliphatic heterocycles. The predicted molar refractivity (Wildman–Crippen MR) is 98.0 cm³/mol. The Morgan fingerprint density at radius 2 is 2.08 bits per heavy atom. The highest BCUT2D eigenvalue weighted by atomic mass is 32.1. The molecule has 2 fully saturated rings. The molecule has 3 heterocycles. The molecular formula is C19H25N3OS. The quantitative estimate of drug-likeness (QED) is 0.850. The molecule has 0 aromatic carbocycles. The van der Waals surface area contributed by atoms with Crippen LogP contribution in [0.4, 0.5) is 0 Å². The number of hydrogen-bond acceptors (Lipinski definition) is 4. The fourth-order valence-electron chi connectivity index (χ4n) is 5.02. The fourth-order valence-corrected chi connectivity index (χ4v) is 5.71. The van der Waals surface area contributed by atoms with E-state index in [4.69, 9.17) is 0 Å². The van der Waals surface area contributed by atoms with Crippen molar-refractivity contribution in [2.24, 2.45) is 10.8 Å². The van der Waals surface area contributed by atoms with Crippen LogP contribution in [-0.2, 0) is 6.67 Å². The number of hydrogen-bond donors (Lipinski definition) is 0. The molecule has 2 aromatic heterocycles. The Balaban J connectivity index is 1.60. The second-order valence-electron chi connectivity index (χ2n) is 8.64. The maximum absolute atomic E-state index is 12.3. The number of thiophene rings is 1. The van der Waals surface area contributed by atoms with Gasteiger partial charge in [-0.05, 0) is 47.6 Å². The average Bonchev–Trinajstić information content (AvgIpc) is 3.07. The van der Waals surface area contributed by atoms with Gasteiger partial charge in [-0.1, -0.05) is 26.8 Å². The first-order chi connectivity index (χ1) is 11.3. The first-order valence-corrected chi connectivity index (χ1v) is 9.58. The van der Waals surface area contributed by atoms with Crippen molar-refractivity contribution in [2.45, 2.75) is 52.7 Å². The molecule has 0 spiro atoms. The first-order valence-electron chi connectivity index (χ1n) is 8.70. The third kappa shape index (κ3) is 2.95. The molecule has 4 rings (SSSR count). The van der Waals surface area contributed by atoms with Gasteiger partial charge in [-0.25, -0.2) is 4.68 Å². The van der Waals surface area contributed by atoms with Crippen LogP contribution in [0.25, 0.3) is 10.6 Å². The monoisotopic (exact) mass is 343 g/mol. The van der Waals surface area contributed by atoms with E-state index < -0.39 is 0 Å². The van der Waals surface area contributed by atoms with Crippen molar-refractivity contribution < 1.29 is 0 Å². The molecule has 128 valence electrons. The van der Waals surface area contributed by atoms with E-state index in [2.05, 4.69) is 30.8 Å². The van der Waals surface area contributed by atoms with E-state index >= 15 is 0 Å². The van der Waals surface area contributed by atoms with Crippen LogP contribution in [0.5, 0.6) is 0 Å². The first kappa shape index (κ1) is 16.0. The van der Waals surface area contributed by atoms with E-state index in [0.717, 1.165) is 17.1 Å². The molecule has 1 aliphatic carbocycles. The lowest BCUT2D eigenvalue weighted by atomic mass is 9.65. The zero-order valence-corrected chi connectivity index (χ0v) is 15.5. The minimum absolute atomic E-state index is 0.0128. The zero-order valence-electron chi connectivity index (χ0n) is 14.7. The van der Waals surface area contributed by atoms with Gasteiger partial charge in [0.2, 0.25) is 0 Å². The molecule has 0 N–H and O–H groups in total. The fraction of sp³-hybridized carbons (Fsp3) is 0.579. The smallest absolute Gasteiger partial charge is 0.268 e. The van der Waals surface area contributed by atoms with Crippen molar-refractivity contribution in [1.29, 1.82) is 0 Å². The third-order valence-corrected chi connectivity index (χ3v) is 6.37. The van der Waals surface area contributed by atoms with Gasteiger partial charge in [0.05, 0.1) is 11.5 Å². The van der Waals surface area contributed by atoms with Gasteiger partial charge >= 0.3 is 0 Å². The number of likely N-dealkylation sites (tertiary alicyclic amines) is 1. The van der Waals surface area contributed by atoms with Crippen LogP contribution in [0.2, 0.25) is 0 Å². The van der Waals surface area contributed by atoms with Crippen LogP contribution in [0, 0.1) is 10.8 Å². The number of aromatic nitrogens is 2. The van der Waals surface area contributed by atoms with Crippen molar-refractivity contribution in [3.63, 3.8) is 0 Å². The SMILES string of the molecule is CC1(C)C[C@@H]2C[C@@](C)(CN2Cn2nc(-c3cccs3)ccc2=O)C1. The minimum atomic E-state index is -0.0128. The second-order valence-corrected chi connectivity index (χ2v) is 9.58. The molecular weight excluding hydrogens is 318 g/mol. The lowest BCUT2D eigenvalue weighted by Crippen LogP contribution is -2.38. The van der Waals surface area contributed by atoms with E-state index in [1.165, 1.54) is 19.3 Å². The van der Waals surface area contributed by atoms with Crippen LogP contribution in [0.3, 0.4) is 0 Å². The molecule has 1 saturated carbocycles. The Bertz CT molecular complexity index is 795. The molecule has 0 radical (unpaired) electrons. The maximum Gasteiger partial charge on any atom is 0.268 e. The summed E-state index contributed by atoms with van der Waals surface area (Å²) in [7, 11) is 0. The third-order valence-electron chi connectivity index (χ3n) is 5.48. The summed E-state index contributed by atoms with van der Waals surface area (Å²) in [6.45, 7) is 8.83. The molecule has 24 heavy (non-hydrogen) atoms. The van der Waals surface area contributed by atoms with Gasteiger partial charge in [-0.15, -0.1) is 11.3 Å². The highest BCUT2D eigenvalue weighted by molar-refractivity contribution is 7.13. The van der Waals surface area contributed by atoms with Gasteiger partial charge in [-0.3, -0.25) is 9.69 Å². The molecule has 2 atom stereocenters. The highest BCUT2D eigenvalue weighted by Gasteiger charge is 2.49. The van der Waals surface area contributed by atoms with Gasteiger partial charge in [0.15, 0.2) is 0 Å². The Morgan fingerprint density at radius 3 is 2.83 bits per heavy atom. The van der Waals surface area contributed by atoms with Crippen molar-refractivity contribution in [1.82, 2.24) is 14.7 Å². The topological polar surface area (TPSA) is 38.1 Å². The van der Waals surface area contributed by atoms with Gasteiger partial charge in [0.25, 0.3) is 5.56 Å². The lowest BCUT2D eigenvalue weighted by molar-refractivity contribution is 0.119. The summed E-state index contributed by atoms with van der Waals surface area (Å²) in [6, 6.07) is 8.11. The number of rotatable bonds is 3. The molecule has 2 aromatic rings. The van der Waals surface area contributed by atoms with Gasteiger partial charge in [-0.2, -0.15) is 5.10 Å². The van der Waals surface area contributed by atoms with Crippen molar-refractivity contribution >= 4 is 11.3 Å². The summed E-state index contributed by atoms with van der Waals surface area (Å²) in [5, 5.41) is 6.67. The van der Waals surface area contributed by atoms with Crippen molar-refractivity contribution in [2.75, 3.05) is 6.54 Å². The van der Waals surface area contributed by atoms with Gasteiger partial charge in [0, 0.05) is 18.7 Å². The normalized spacial score (nSPS) is 29.0. The number of fused-ring (bicyclic) bond motifs is 2. The van der Waals surface area contributed by atoms with Crippen LogP contribution >= 0.6 is 11.3 Å². The molecule has 4 nitrogen and oxygen atoms in total. The Hall–Kier alpha value is -1.46. The summed E-state index contributed by atoms with van der Waals surface area (Å²) < 4.78 is 1.64. The van der Waals surface area contributed by atoms with E-state index in [1.54, 1.807) is 22.1 Å². The largest absolute Gasteiger partial charge is 0.281 e. The van der Waals surface area contributed by atoms with Crippen molar-refractivity contribution in [3.05, 3.63) is 40.0 Å². The maximum atomic E-state index is 12.3. The van der Waals surface area contributed by atoms with E-state index in [-0.39, 0.29) is 5.56 Å². The number of nitrogens with zero attached hydrogens (tertiary/aromatic N) is 3. The molecule has 2 aliphatic rings. The summed E-state index contributed by atoms with van der Waals surface area (Å²) in [4.78, 5) is 15.9. The Morgan fingerprint density at radius 1 is 1.25 bits per heavy atom. The molecule has 0 amide bonds. The lowest BCUT2D eigenvalue weighted by Gasteiger charge is -2.39. The standard InChI is InChI=1S/C19H25N3OS/c1-18(2)9-14-10-19(3,11-18)12-21(14)13-22-17(23)7-6-15(20-22)16-5-4-8-24-16/h4-8,14H,9-13H2,1-3H3/t14-,19-/m1/s1. The Labute approximate surface area is 147 Å². The molecule has 2 bridgehead atoms. The molecule has 1 saturated heterocycles. The predicted octanol–water partition coefficient (Wildman–Crippen LogP) is 3.83. The summed E-state index contributed by atoms with van der Waals surface area (Å²) in [5.41, 5.74) is 1.64. The molecule has 0 unspecified atom stereocenters. The minimum Gasteiger partial charge on any atom is -0.281 e. The van der Waals surface area contributed by atoms with E-state index in [9.17, 15) is 4.79 Å². The average molecular weight is 343 g/mol. The summed E-state index contributed by atoms with van der Waals surface area (Å²) in [5.74, 6) is 0. The van der Waals surface area contributed by atoms with Gasteiger partial charge < -0.3 is 0 Å². The highest BCUT2D eigenvalue weighted by Crippen LogP contribution is 2.52. The van der Waals surface area contributed by atoms with Gasteiger partial charge in [0.1, 0.15) is 5.69 Å². The van der Waals surface area contributed by atoms with Crippen LogP contribution in [0.1, 0.15) is 40.0 Å². The van der Waals surface area contributed by atoms with Crippen LogP contribution in [0.15, 0.2) is 34.4 Å². The van der Waals surface area contributed by atoms with E-state index in [0.29, 0.717) is 23.5 Å². The molecule has 5 heteroatoms. The van der Waals surface area contributed by atoms with E-state index in [1.807, 2.05) is 23.6 Å². The van der Waals surface area contributed by atoms with Crippen LogP contribution < -0.4 is 5.56 Å². The summed E-state index contributed by atoms with van der Waals surface area (Å²) in [6.07, 6.45) is 3.72.